The van der Waals surface area contributed by atoms with Crippen molar-refractivity contribution in [2.45, 2.75) is 32.6 Å². The van der Waals surface area contributed by atoms with Gasteiger partial charge >= 0.3 is 0 Å². The van der Waals surface area contributed by atoms with Gasteiger partial charge in [0.2, 0.25) is 0 Å². The first-order valence-corrected chi connectivity index (χ1v) is 6.78. The van der Waals surface area contributed by atoms with Crippen LogP contribution in [0, 0.1) is 5.92 Å². The second-order valence-electron chi connectivity index (χ2n) is 4.82. The molecular weight excluding hydrogens is 226 g/mol. The Hall–Kier alpha value is -1.58. The monoisotopic (exact) mass is 247 g/mol. The fourth-order valence-electron chi connectivity index (χ4n) is 1.80. The van der Waals surface area contributed by atoms with Crippen molar-refractivity contribution in [3.8, 4) is 0 Å². The SMILES string of the molecule is CCCNc1cccc(C(=O)NCCC2CC2)n1. The molecule has 18 heavy (non-hydrogen) atoms. The summed E-state index contributed by atoms with van der Waals surface area (Å²) in [5.41, 5.74) is 0.493. The van der Waals surface area contributed by atoms with Crippen LogP contribution in [0.3, 0.4) is 0 Å². The molecule has 1 amide bonds. The molecule has 0 saturated heterocycles. The van der Waals surface area contributed by atoms with E-state index in [2.05, 4.69) is 22.5 Å². The van der Waals surface area contributed by atoms with Crippen LogP contribution in [0.25, 0.3) is 0 Å². The summed E-state index contributed by atoms with van der Waals surface area (Å²) in [6.07, 6.45) is 4.79. The summed E-state index contributed by atoms with van der Waals surface area (Å²) in [5, 5.41) is 6.11. The van der Waals surface area contributed by atoms with E-state index in [-0.39, 0.29) is 5.91 Å². The summed E-state index contributed by atoms with van der Waals surface area (Å²) < 4.78 is 0. The summed E-state index contributed by atoms with van der Waals surface area (Å²) in [6, 6.07) is 5.50. The standard InChI is InChI=1S/C14H21N3O/c1-2-9-15-13-5-3-4-12(17-13)14(18)16-10-8-11-6-7-11/h3-5,11H,2,6-10H2,1H3,(H,15,17)(H,16,18). The fourth-order valence-corrected chi connectivity index (χ4v) is 1.80. The van der Waals surface area contributed by atoms with Crippen molar-refractivity contribution in [2.75, 3.05) is 18.4 Å². The smallest absolute Gasteiger partial charge is 0.269 e. The molecule has 0 aromatic carbocycles. The van der Waals surface area contributed by atoms with Crippen molar-refractivity contribution < 1.29 is 4.79 Å². The molecule has 4 nitrogen and oxygen atoms in total. The van der Waals surface area contributed by atoms with E-state index in [0.717, 1.165) is 37.7 Å². The molecule has 0 atom stereocenters. The quantitative estimate of drug-likeness (QED) is 0.778. The van der Waals surface area contributed by atoms with E-state index in [4.69, 9.17) is 0 Å². The first-order valence-electron chi connectivity index (χ1n) is 6.78. The van der Waals surface area contributed by atoms with Crippen molar-refractivity contribution in [3.63, 3.8) is 0 Å². The van der Waals surface area contributed by atoms with Gasteiger partial charge < -0.3 is 10.6 Å². The third-order valence-corrected chi connectivity index (χ3v) is 3.07. The lowest BCUT2D eigenvalue weighted by molar-refractivity contribution is 0.0948. The normalized spacial score (nSPS) is 14.3. The molecule has 1 heterocycles. The molecule has 98 valence electrons. The number of carbonyl (C=O) groups excluding carboxylic acids is 1. The Morgan fingerprint density at radius 3 is 2.94 bits per heavy atom. The molecule has 1 saturated carbocycles. The topological polar surface area (TPSA) is 54.0 Å². The van der Waals surface area contributed by atoms with E-state index < -0.39 is 0 Å². The Morgan fingerprint density at radius 2 is 2.22 bits per heavy atom. The second kappa shape index (κ2) is 6.38. The molecule has 1 aliphatic carbocycles. The van der Waals surface area contributed by atoms with Gasteiger partial charge in [0.05, 0.1) is 0 Å². The maximum absolute atomic E-state index is 11.9. The van der Waals surface area contributed by atoms with Gasteiger partial charge in [-0.15, -0.1) is 0 Å². The van der Waals surface area contributed by atoms with Crippen LogP contribution in [0.5, 0.6) is 0 Å². The van der Waals surface area contributed by atoms with Crippen LogP contribution in [0.4, 0.5) is 5.82 Å². The Bertz CT molecular complexity index is 402. The summed E-state index contributed by atoms with van der Waals surface area (Å²) >= 11 is 0. The van der Waals surface area contributed by atoms with Crippen LogP contribution in [0.15, 0.2) is 18.2 Å². The predicted octanol–water partition coefficient (Wildman–Crippen LogP) is 2.43. The lowest BCUT2D eigenvalue weighted by atomic mass is 10.3. The highest BCUT2D eigenvalue weighted by atomic mass is 16.1. The predicted molar refractivity (Wildman–Crippen MR) is 72.7 cm³/mol. The van der Waals surface area contributed by atoms with Crippen LogP contribution in [0.2, 0.25) is 0 Å². The van der Waals surface area contributed by atoms with Crippen molar-refractivity contribution in [1.82, 2.24) is 10.3 Å². The van der Waals surface area contributed by atoms with Crippen molar-refractivity contribution in [2.24, 2.45) is 5.92 Å². The molecule has 0 spiro atoms. The van der Waals surface area contributed by atoms with Crippen molar-refractivity contribution in [3.05, 3.63) is 23.9 Å². The zero-order valence-electron chi connectivity index (χ0n) is 10.9. The highest BCUT2D eigenvalue weighted by molar-refractivity contribution is 5.92. The molecule has 0 radical (unpaired) electrons. The number of hydrogen-bond acceptors (Lipinski definition) is 3. The molecule has 0 bridgehead atoms. The third-order valence-electron chi connectivity index (χ3n) is 3.07. The third kappa shape index (κ3) is 4.02. The Morgan fingerprint density at radius 1 is 1.39 bits per heavy atom. The van der Waals surface area contributed by atoms with Crippen LogP contribution in [-0.4, -0.2) is 24.0 Å². The molecule has 0 unspecified atom stereocenters. The molecule has 1 fully saturated rings. The summed E-state index contributed by atoms with van der Waals surface area (Å²) in [6.45, 7) is 3.74. The van der Waals surface area contributed by atoms with E-state index in [1.54, 1.807) is 6.07 Å². The fraction of sp³-hybridized carbons (Fsp3) is 0.571. The first-order chi connectivity index (χ1) is 8.79. The second-order valence-corrected chi connectivity index (χ2v) is 4.82. The van der Waals surface area contributed by atoms with E-state index >= 15 is 0 Å². The van der Waals surface area contributed by atoms with Gasteiger partial charge in [-0.3, -0.25) is 4.79 Å². The van der Waals surface area contributed by atoms with Crippen LogP contribution < -0.4 is 10.6 Å². The number of anilines is 1. The number of amides is 1. The zero-order chi connectivity index (χ0) is 12.8. The molecule has 1 aromatic heterocycles. The number of pyridine rings is 1. The minimum absolute atomic E-state index is 0.0733. The maximum atomic E-state index is 11.9. The first kappa shape index (κ1) is 12.9. The largest absolute Gasteiger partial charge is 0.370 e. The van der Waals surface area contributed by atoms with Crippen molar-refractivity contribution >= 4 is 11.7 Å². The van der Waals surface area contributed by atoms with E-state index in [1.165, 1.54) is 12.8 Å². The molecule has 4 heteroatoms. The Kier molecular flexibility index (Phi) is 4.56. The summed E-state index contributed by atoms with van der Waals surface area (Å²) in [7, 11) is 0. The molecule has 2 N–H and O–H groups in total. The van der Waals surface area contributed by atoms with Gasteiger partial charge in [0, 0.05) is 13.1 Å². The average molecular weight is 247 g/mol. The van der Waals surface area contributed by atoms with E-state index in [9.17, 15) is 4.79 Å². The summed E-state index contributed by atoms with van der Waals surface area (Å²) in [5.74, 6) is 1.54. The molecule has 0 aliphatic heterocycles. The minimum atomic E-state index is -0.0733. The highest BCUT2D eigenvalue weighted by Gasteiger charge is 2.20. The lowest BCUT2D eigenvalue weighted by Gasteiger charge is -2.07. The van der Waals surface area contributed by atoms with Gasteiger partial charge in [-0.25, -0.2) is 4.98 Å². The Labute approximate surface area is 108 Å². The van der Waals surface area contributed by atoms with E-state index in [1.807, 2.05) is 12.1 Å². The van der Waals surface area contributed by atoms with Gasteiger partial charge in [0.1, 0.15) is 11.5 Å². The van der Waals surface area contributed by atoms with Gasteiger partial charge in [-0.1, -0.05) is 25.8 Å². The van der Waals surface area contributed by atoms with Crippen LogP contribution in [0.1, 0.15) is 43.1 Å². The average Bonchev–Trinajstić information content (AvgIpc) is 3.20. The van der Waals surface area contributed by atoms with Crippen molar-refractivity contribution in [1.29, 1.82) is 0 Å². The van der Waals surface area contributed by atoms with Gasteiger partial charge in [0.25, 0.3) is 5.91 Å². The molecular formula is C14H21N3O. The van der Waals surface area contributed by atoms with E-state index in [0.29, 0.717) is 5.69 Å². The zero-order valence-corrected chi connectivity index (χ0v) is 10.9. The molecule has 1 aromatic rings. The maximum Gasteiger partial charge on any atom is 0.269 e. The lowest BCUT2D eigenvalue weighted by Crippen LogP contribution is -2.25. The number of carbonyl (C=O) groups is 1. The number of hydrogen-bond donors (Lipinski definition) is 2. The van der Waals surface area contributed by atoms with Gasteiger partial charge in [-0.05, 0) is 30.9 Å². The number of aromatic nitrogens is 1. The van der Waals surface area contributed by atoms with Gasteiger partial charge in [-0.2, -0.15) is 0 Å². The molecule has 2 rings (SSSR count). The minimum Gasteiger partial charge on any atom is -0.370 e. The highest BCUT2D eigenvalue weighted by Crippen LogP contribution is 2.31. The summed E-state index contributed by atoms with van der Waals surface area (Å²) in [4.78, 5) is 16.2. The van der Waals surface area contributed by atoms with Gasteiger partial charge in [0.15, 0.2) is 0 Å². The van der Waals surface area contributed by atoms with Crippen LogP contribution in [-0.2, 0) is 0 Å². The molecule has 1 aliphatic rings. The number of nitrogens with one attached hydrogen (secondary N) is 2. The van der Waals surface area contributed by atoms with Crippen LogP contribution >= 0.6 is 0 Å². The number of nitrogens with zero attached hydrogens (tertiary/aromatic N) is 1. The Balaban J connectivity index is 1.83. The number of rotatable bonds is 7.